The minimum atomic E-state index is 0.327. The Kier molecular flexibility index (Phi) is 4.30. The number of halogens is 2. The lowest BCUT2D eigenvalue weighted by Gasteiger charge is -2.38. The fourth-order valence-electron chi connectivity index (χ4n) is 3.13. The van der Waals surface area contributed by atoms with Crippen molar-refractivity contribution < 1.29 is 0 Å². The molecular formula is C16H21BrClN3. The maximum atomic E-state index is 6.13. The van der Waals surface area contributed by atoms with Gasteiger partial charge in [0, 0.05) is 11.0 Å². The Morgan fingerprint density at radius 1 is 1.33 bits per heavy atom. The predicted molar refractivity (Wildman–Crippen MR) is 91.8 cm³/mol. The number of fused-ring (bicyclic) bond motifs is 1. The standard InChI is InChI=1S/C16H21BrClN3/c1-16(5-7-20(2)8-6-16)11-21-14-4-3-12(17)9-13(14)19-15(21)10-18/h3-4,9H,5-8,10-11H2,1-2H3. The van der Waals surface area contributed by atoms with Gasteiger partial charge < -0.3 is 9.47 Å². The summed E-state index contributed by atoms with van der Waals surface area (Å²) in [5.74, 6) is 1.44. The normalized spacial score (nSPS) is 19.2. The molecule has 0 saturated carbocycles. The number of rotatable bonds is 3. The zero-order chi connectivity index (χ0) is 15.0. The molecule has 1 aliphatic rings. The molecule has 2 heterocycles. The van der Waals surface area contributed by atoms with E-state index < -0.39 is 0 Å². The molecule has 1 saturated heterocycles. The van der Waals surface area contributed by atoms with Gasteiger partial charge in [-0.05, 0) is 56.6 Å². The summed E-state index contributed by atoms with van der Waals surface area (Å²) in [6.07, 6.45) is 2.45. The Hall–Kier alpha value is -0.580. The summed E-state index contributed by atoms with van der Waals surface area (Å²) in [7, 11) is 2.20. The maximum Gasteiger partial charge on any atom is 0.124 e. The SMILES string of the molecule is CN1CCC(C)(Cn2c(CCl)nc3cc(Br)ccc32)CC1. The van der Waals surface area contributed by atoms with E-state index in [9.17, 15) is 0 Å². The van der Waals surface area contributed by atoms with Crippen molar-refractivity contribution in [2.24, 2.45) is 5.41 Å². The van der Waals surface area contributed by atoms with E-state index in [-0.39, 0.29) is 0 Å². The molecule has 2 aromatic rings. The molecule has 3 nitrogen and oxygen atoms in total. The summed E-state index contributed by atoms with van der Waals surface area (Å²) in [5, 5.41) is 0. The molecule has 0 atom stereocenters. The second-order valence-corrected chi connectivity index (χ2v) is 7.68. The number of nitrogens with zero attached hydrogens (tertiary/aromatic N) is 3. The molecule has 0 N–H and O–H groups in total. The smallest absolute Gasteiger partial charge is 0.124 e. The minimum Gasteiger partial charge on any atom is -0.326 e. The van der Waals surface area contributed by atoms with Gasteiger partial charge in [-0.2, -0.15) is 0 Å². The van der Waals surface area contributed by atoms with Crippen LogP contribution in [-0.4, -0.2) is 34.6 Å². The second kappa shape index (κ2) is 5.90. The average molecular weight is 371 g/mol. The van der Waals surface area contributed by atoms with Crippen LogP contribution in [0.15, 0.2) is 22.7 Å². The van der Waals surface area contributed by atoms with Crippen molar-refractivity contribution in [1.82, 2.24) is 14.5 Å². The highest BCUT2D eigenvalue weighted by molar-refractivity contribution is 9.10. The first-order valence-electron chi connectivity index (χ1n) is 7.40. The second-order valence-electron chi connectivity index (χ2n) is 6.49. The molecule has 0 spiro atoms. The summed E-state index contributed by atoms with van der Waals surface area (Å²) in [5.41, 5.74) is 2.54. The molecule has 0 unspecified atom stereocenters. The molecule has 1 aliphatic heterocycles. The highest BCUT2D eigenvalue weighted by Gasteiger charge is 2.30. The fraction of sp³-hybridized carbons (Fsp3) is 0.562. The molecule has 21 heavy (non-hydrogen) atoms. The quantitative estimate of drug-likeness (QED) is 0.752. The van der Waals surface area contributed by atoms with E-state index in [1.807, 2.05) is 0 Å². The van der Waals surface area contributed by atoms with Crippen LogP contribution < -0.4 is 0 Å². The van der Waals surface area contributed by atoms with Crippen molar-refractivity contribution in [2.75, 3.05) is 20.1 Å². The molecular weight excluding hydrogens is 350 g/mol. The van der Waals surface area contributed by atoms with Gasteiger partial charge >= 0.3 is 0 Å². The van der Waals surface area contributed by atoms with Crippen molar-refractivity contribution in [1.29, 1.82) is 0 Å². The number of likely N-dealkylation sites (tertiary alicyclic amines) is 1. The van der Waals surface area contributed by atoms with Gasteiger partial charge in [0.1, 0.15) is 5.82 Å². The molecule has 0 aliphatic carbocycles. The van der Waals surface area contributed by atoms with Crippen molar-refractivity contribution in [3.05, 3.63) is 28.5 Å². The Bertz CT molecular complexity index is 644. The lowest BCUT2D eigenvalue weighted by molar-refractivity contribution is 0.121. The molecule has 1 aromatic carbocycles. The zero-order valence-electron chi connectivity index (χ0n) is 12.6. The van der Waals surface area contributed by atoms with Gasteiger partial charge in [0.2, 0.25) is 0 Å². The third-order valence-corrected chi connectivity index (χ3v) is 5.38. The first-order chi connectivity index (χ1) is 10.0. The number of benzene rings is 1. The molecule has 0 radical (unpaired) electrons. The lowest BCUT2D eigenvalue weighted by Crippen LogP contribution is -2.38. The summed E-state index contributed by atoms with van der Waals surface area (Å²) in [4.78, 5) is 7.10. The largest absolute Gasteiger partial charge is 0.326 e. The molecule has 0 bridgehead atoms. The van der Waals surface area contributed by atoms with Gasteiger partial charge in [0.05, 0.1) is 16.9 Å². The van der Waals surface area contributed by atoms with Crippen LogP contribution in [0.2, 0.25) is 0 Å². The molecule has 5 heteroatoms. The first kappa shape index (κ1) is 15.3. The van der Waals surface area contributed by atoms with Crippen molar-refractivity contribution >= 4 is 38.6 Å². The highest BCUT2D eigenvalue weighted by Crippen LogP contribution is 2.34. The average Bonchev–Trinajstić information content (AvgIpc) is 2.79. The number of aromatic nitrogens is 2. The summed E-state index contributed by atoms with van der Waals surface area (Å²) >= 11 is 9.64. The van der Waals surface area contributed by atoms with Crippen LogP contribution in [0.3, 0.4) is 0 Å². The number of hydrogen-bond donors (Lipinski definition) is 0. The van der Waals surface area contributed by atoms with E-state index in [4.69, 9.17) is 16.6 Å². The lowest BCUT2D eigenvalue weighted by atomic mass is 9.80. The number of hydrogen-bond acceptors (Lipinski definition) is 2. The number of piperidine rings is 1. The van der Waals surface area contributed by atoms with Gasteiger partial charge in [-0.3, -0.25) is 0 Å². The van der Waals surface area contributed by atoms with Gasteiger partial charge in [0.15, 0.2) is 0 Å². The van der Waals surface area contributed by atoms with Crippen LogP contribution in [0.5, 0.6) is 0 Å². The summed E-state index contributed by atoms with van der Waals surface area (Å²) < 4.78 is 3.38. The zero-order valence-corrected chi connectivity index (χ0v) is 14.9. The highest BCUT2D eigenvalue weighted by atomic mass is 79.9. The van der Waals surface area contributed by atoms with Crippen molar-refractivity contribution in [3.8, 4) is 0 Å². The van der Waals surface area contributed by atoms with E-state index in [1.54, 1.807) is 0 Å². The Morgan fingerprint density at radius 2 is 2.05 bits per heavy atom. The Morgan fingerprint density at radius 3 is 2.71 bits per heavy atom. The van der Waals surface area contributed by atoms with Crippen molar-refractivity contribution in [2.45, 2.75) is 32.2 Å². The maximum absolute atomic E-state index is 6.13. The van der Waals surface area contributed by atoms with Gasteiger partial charge in [-0.15, -0.1) is 11.6 Å². The van der Waals surface area contributed by atoms with Crippen LogP contribution in [0, 0.1) is 5.41 Å². The van der Waals surface area contributed by atoms with E-state index in [0.717, 1.165) is 22.4 Å². The van der Waals surface area contributed by atoms with Crippen LogP contribution in [0.4, 0.5) is 0 Å². The Balaban J connectivity index is 1.96. The number of alkyl halides is 1. The van der Waals surface area contributed by atoms with E-state index in [2.05, 4.69) is 57.6 Å². The number of imidazole rings is 1. The third kappa shape index (κ3) is 3.13. The first-order valence-corrected chi connectivity index (χ1v) is 8.73. The molecule has 1 fully saturated rings. The predicted octanol–water partition coefficient (Wildman–Crippen LogP) is 4.27. The summed E-state index contributed by atoms with van der Waals surface area (Å²) in [6, 6.07) is 6.29. The fourth-order valence-corrected chi connectivity index (χ4v) is 3.68. The van der Waals surface area contributed by atoms with E-state index in [1.165, 1.54) is 31.4 Å². The molecule has 114 valence electrons. The third-order valence-electron chi connectivity index (χ3n) is 4.64. The minimum absolute atomic E-state index is 0.327. The molecule has 3 rings (SSSR count). The van der Waals surface area contributed by atoms with Gasteiger partial charge in [-0.25, -0.2) is 4.98 Å². The van der Waals surface area contributed by atoms with Crippen LogP contribution in [0.25, 0.3) is 11.0 Å². The van der Waals surface area contributed by atoms with Crippen LogP contribution in [0.1, 0.15) is 25.6 Å². The monoisotopic (exact) mass is 369 g/mol. The summed E-state index contributed by atoms with van der Waals surface area (Å²) in [6.45, 7) is 5.74. The van der Waals surface area contributed by atoms with E-state index >= 15 is 0 Å². The van der Waals surface area contributed by atoms with Crippen molar-refractivity contribution in [3.63, 3.8) is 0 Å². The van der Waals surface area contributed by atoms with Gasteiger partial charge in [-0.1, -0.05) is 22.9 Å². The van der Waals surface area contributed by atoms with Crippen LogP contribution >= 0.6 is 27.5 Å². The van der Waals surface area contributed by atoms with Crippen LogP contribution in [-0.2, 0) is 12.4 Å². The Labute approximate surface area is 139 Å². The molecule has 1 aromatic heterocycles. The van der Waals surface area contributed by atoms with Gasteiger partial charge in [0.25, 0.3) is 0 Å². The van der Waals surface area contributed by atoms with E-state index in [0.29, 0.717) is 11.3 Å². The topological polar surface area (TPSA) is 21.1 Å². The molecule has 0 amide bonds.